The van der Waals surface area contributed by atoms with Gasteiger partial charge in [0.1, 0.15) is 5.82 Å². The molecule has 1 unspecified atom stereocenters. The van der Waals surface area contributed by atoms with Gasteiger partial charge in [-0.15, -0.1) is 0 Å². The first-order valence-corrected chi connectivity index (χ1v) is 8.28. The van der Waals surface area contributed by atoms with Crippen LogP contribution in [0.4, 0.5) is 4.39 Å². The normalized spacial score (nSPS) is 17.0. The average molecular weight is 325 g/mol. The molecule has 0 aromatic heterocycles. The molecule has 0 saturated carbocycles. The van der Waals surface area contributed by atoms with E-state index < -0.39 is 0 Å². The Morgan fingerprint density at radius 3 is 2.62 bits per heavy atom. The Bertz CT molecular complexity index is 729. The van der Waals surface area contributed by atoms with E-state index in [1.165, 1.54) is 12.1 Å². The highest BCUT2D eigenvalue weighted by Gasteiger charge is 2.33. The number of rotatable bonds is 5. The molecule has 1 saturated heterocycles. The molecule has 3 rings (SSSR count). The molecule has 1 atom stereocenters. The van der Waals surface area contributed by atoms with E-state index in [-0.39, 0.29) is 23.5 Å². The standard InChI is InChI=1S/C20H20FNO2/c21-17-9-4-6-15(14-17)11-12-19(23)22-13-5-10-18(22)20(24)16-7-2-1-3-8-16/h1-4,6-9,14,18H,5,10-13H2. The van der Waals surface area contributed by atoms with Crippen molar-refractivity contribution in [2.75, 3.05) is 6.54 Å². The highest BCUT2D eigenvalue weighted by Crippen LogP contribution is 2.22. The van der Waals surface area contributed by atoms with E-state index in [1.807, 2.05) is 24.3 Å². The van der Waals surface area contributed by atoms with E-state index in [4.69, 9.17) is 0 Å². The van der Waals surface area contributed by atoms with Gasteiger partial charge < -0.3 is 4.90 Å². The summed E-state index contributed by atoms with van der Waals surface area (Å²) in [4.78, 5) is 26.9. The summed E-state index contributed by atoms with van der Waals surface area (Å²) >= 11 is 0. The number of ketones is 1. The molecule has 124 valence electrons. The van der Waals surface area contributed by atoms with E-state index in [0.29, 0.717) is 31.4 Å². The average Bonchev–Trinajstić information content (AvgIpc) is 3.09. The van der Waals surface area contributed by atoms with Gasteiger partial charge in [0, 0.05) is 18.5 Å². The number of benzene rings is 2. The van der Waals surface area contributed by atoms with E-state index in [2.05, 4.69) is 0 Å². The molecule has 0 bridgehead atoms. The second-order valence-electron chi connectivity index (χ2n) is 6.11. The third-order valence-corrected chi connectivity index (χ3v) is 4.45. The summed E-state index contributed by atoms with van der Waals surface area (Å²) in [6.45, 7) is 0.616. The third-order valence-electron chi connectivity index (χ3n) is 4.45. The van der Waals surface area contributed by atoms with Crippen LogP contribution in [0.25, 0.3) is 0 Å². The molecule has 1 amide bonds. The van der Waals surface area contributed by atoms with Crippen molar-refractivity contribution in [1.29, 1.82) is 0 Å². The van der Waals surface area contributed by atoms with Gasteiger partial charge in [-0.2, -0.15) is 0 Å². The molecule has 1 aliphatic heterocycles. The molecule has 1 aliphatic rings. The van der Waals surface area contributed by atoms with Crippen molar-refractivity contribution in [1.82, 2.24) is 4.90 Å². The van der Waals surface area contributed by atoms with Gasteiger partial charge in [-0.1, -0.05) is 42.5 Å². The van der Waals surface area contributed by atoms with E-state index in [9.17, 15) is 14.0 Å². The van der Waals surface area contributed by atoms with Crippen molar-refractivity contribution < 1.29 is 14.0 Å². The summed E-state index contributed by atoms with van der Waals surface area (Å²) in [5, 5.41) is 0. The van der Waals surface area contributed by atoms with Crippen LogP contribution in [0.3, 0.4) is 0 Å². The lowest BCUT2D eigenvalue weighted by Gasteiger charge is -2.24. The van der Waals surface area contributed by atoms with E-state index >= 15 is 0 Å². The SMILES string of the molecule is O=C(c1ccccc1)C1CCCN1C(=O)CCc1cccc(F)c1. The monoisotopic (exact) mass is 325 g/mol. The molecular weight excluding hydrogens is 305 g/mol. The maximum absolute atomic E-state index is 13.2. The van der Waals surface area contributed by atoms with Gasteiger partial charge in [0.25, 0.3) is 0 Å². The highest BCUT2D eigenvalue weighted by molar-refractivity contribution is 6.02. The quantitative estimate of drug-likeness (QED) is 0.787. The fourth-order valence-electron chi connectivity index (χ4n) is 3.22. The molecule has 1 fully saturated rings. The maximum Gasteiger partial charge on any atom is 0.223 e. The molecule has 0 aliphatic carbocycles. The summed E-state index contributed by atoms with van der Waals surface area (Å²) in [5.74, 6) is -0.323. The molecule has 0 spiro atoms. The molecule has 1 heterocycles. The van der Waals surface area contributed by atoms with Crippen LogP contribution < -0.4 is 0 Å². The number of carbonyl (C=O) groups is 2. The lowest BCUT2D eigenvalue weighted by molar-refractivity contribution is -0.131. The number of aryl methyl sites for hydroxylation is 1. The Hall–Kier alpha value is -2.49. The zero-order valence-electron chi connectivity index (χ0n) is 13.5. The van der Waals surface area contributed by atoms with Gasteiger partial charge in [0.15, 0.2) is 5.78 Å². The fraction of sp³-hybridized carbons (Fsp3) is 0.300. The molecule has 2 aromatic carbocycles. The van der Waals surface area contributed by atoms with Gasteiger partial charge in [-0.05, 0) is 37.0 Å². The van der Waals surface area contributed by atoms with Crippen molar-refractivity contribution in [3.63, 3.8) is 0 Å². The van der Waals surface area contributed by atoms with Crippen molar-refractivity contribution >= 4 is 11.7 Å². The van der Waals surface area contributed by atoms with Gasteiger partial charge in [0.05, 0.1) is 6.04 Å². The first-order valence-electron chi connectivity index (χ1n) is 8.28. The predicted molar refractivity (Wildman–Crippen MR) is 90.2 cm³/mol. The zero-order valence-corrected chi connectivity index (χ0v) is 13.5. The van der Waals surface area contributed by atoms with Crippen LogP contribution in [0.2, 0.25) is 0 Å². The first kappa shape index (κ1) is 16.4. The number of Topliss-reactive ketones (excluding diaryl/α,β-unsaturated/α-hetero) is 1. The van der Waals surface area contributed by atoms with E-state index in [0.717, 1.165) is 12.0 Å². The van der Waals surface area contributed by atoms with Crippen LogP contribution in [0, 0.1) is 5.82 Å². The van der Waals surface area contributed by atoms with E-state index in [1.54, 1.807) is 23.1 Å². The molecule has 0 radical (unpaired) electrons. The molecule has 2 aromatic rings. The van der Waals surface area contributed by atoms with Crippen LogP contribution >= 0.6 is 0 Å². The molecular formula is C20H20FNO2. The number of halogens is 1. The Kier molecular flexibility index (Phi) is 5.04. The van der Waals surface area contributed by atoms with Gasteiger partial charge >= 0.3 is 0 Å². The number of hydrogen-bond donors (Lipinski definition) is 0. The van der Waals surface area contributed by atoms with Gasteiger partial charge in [-0.3, -0.25) is 9.59 Å². The molecule has 0 N–H and O–H groups in total. The second-order valence-corrected chi connectivity index (χ2v) is 6.11. The molecule has 4 heteroatoms. The van der Waals surface area contributed by atoms with Gasteiger partial charge in [-0.25, -0.2) is 4.39 Å². The fourth-order valence-corrected chi connectivity index (χ4v) is 3.22. The largest absolute Gasteiger partial charge is 0.332 e. The minimum Gasteiger partial charge on any atom is -0.332 e. The van der Waals surface area contributed by atoms with Gasteiger partial charge in [0.2, 0.25) is 5.91 Å². The Labute approximate surface area is 141 Å². The number of likely N-dealkylation sites (tertiary alicyclic amines) is 1. The van der Waals surface area contributed by atoms with Crippen LogP contribution in [0.5, 0.6) is 0 Å². The van der Waals surface area contributed by atoms with Crippen molar-refractivity contribution in [3.8, 4) is 0 Å². The highest BCUT2D eigenvalue weighted by atomic mass is 19.1. The number of carbonyl (C=O) groups excluding carboxylic acids is 2. The van der Waals surface area contributed by atoms with Crippen molar-refractivity contribution in [3.05, 3.63) is 71.5 Å². The Balaban J connectivity index is 1.64. The minimum atomic E-state index is -0.368. The predicted octanol–water partition coefficient (Wildman–Crippen LogP) is 3.63. The van der Waals surface area contributed by atoms with Crippen LogP contribution in [0.15, 0.2) is 54.6 Å². The van der Waals surface area contributed by atoms with Crippen molar-refractivity contribution in [2.24, 2.45) is 0 Å². The zero-order chi connectivity index (χ0) is 16.9. The topological polar surface area (TPSA) is 37.4 Å². The van der Waals surface area contributed by atoms with Crippen LogP contribution in [-0.4, -0.2) is 29.2 Å². The Morgan fingerprint density at radius 2 is 1.88 bits per heavy atom. The number of hydrogen-bond acceptors (Lipinski definition) is 2. The van der Waals surface area contributed by atoms with Crippen LogP contribution in [0.1, 0.15) is 35.2 Å². The summed E-state index contributed by atoms with van der Waals surface area (Å²) in [6, 6.07) is 15.0. The summed E-state index contributed by atoms with van der Waals surface area (Å²) < 4.78 is 13.2. The lowest BCUT2D eigenvalue weighted by Crippen LogP contribution is -2.40. The first-order chi connectivity index (χ1) is 11.6. The second kappa shape index (κ2) is 7.39. The summed E-state index contributed by atoms with van der Waals surface area (Å²) in [5.41, 5.74) is 1.45. The third kappa shape index (κ3) is 3.70. The smallest absolute Gasteiger partial charge is 0.223 e. The Morgan fingerprint density at radius 1 is 1.08 bits per heavy atom. The summed E-state index contributed by atoms with van der Waals surface area (Å²) in [7, 11) is 0. The number of amides is 1. The lowest BCUT2D eigenvalue weighted by atomic mass is 10.0. The summed E-state index contributed by atoms with van der Waals surface area (Å²) in [6.07, 6.45) is 2.33. The number of nitrogens with zero attached hydrogens (tertiary/aromatic N) is 1. The van der Waals surface area contributed by atoms with Crippen LogP contribution in [-0.2, 0) is 11.2 Å². The minimum absolute atomic E-state index is 0.00667. The molecule has 3 nitrogen and oxygen atoms in total. The maximum atomic E-state index is 13.2. The van der Waals surface area contributed by atoms with Crippen molar-refractivity contribution in [2.45, 2.75) is 31.7 Å². The molecule has 24 heavy (non-hydrogen) atoms.